The van der Waals surface area contributed by atoms with Crippen molar-refractivity contribution < 1.29 is 19.1 Å². The van der Waals surface area contributed by atoms with E-state index in [1.165, 1.54) is 4.88 Å². The normalized spacial score (nSPS) is 18.0. The van der Waals surface area contributed by atoms with Gasteiger partial charge in [-0.3, -0.25) is 14.5 Å². The van der Waals surface area contributed by atoms with Crippen LogP contribution in [0.3, 0.4) is 0 Å². The molecule has 172 valence electrons. The Balaban J connectivity index is 1.52. The van der Waals surface area contributed by atoms with E-state index in [-0.39, 0.29) is 18.7 Å². The van der Waals surface area contributed by atoms with Gasteiger partial charge in [-0.15, -0.1) is 11.3 Å². The Bertz CT molecular complexity index is 1210. The van der Waals surface area contributed by atoms with Crippen LogP contribution in [-0.2, 0) is 17.8 Å². The van der Waals surface area contributed by atoms with Crippen LogP contribution in [0.5, 0.6) is 5.75 Å². The van der Waals surface area contributed by atoms with E-state index in [1.807, 2.05) is 55.6 Å². The minimum Gasteiger partial charge on any atom is -0.496 e. The first kappa shape index (κ1) is 22.8. The molecule has 0 radical (unpaired) electrons. The van der Waals surface area contributed by atoms with E-state index in [4.69, 9.17) is 4.74 Å². The van der Waals surface area contributed by atoms with E-state index < -0.39 is 17.5 Å². The topological polar surface area (TPSA) is 80.6 Å². The van der Waals surface area contributed by atoms with E-state index in [0.29, 0.717) is 17.9 Å². The molecule has 2 aromatic heterocycles. The van der Waals surface area contributed by atoms with E-state index in [1.54, 1.807) is 25.4 Å². The monoisotopic (exact) mass is 465 g/mol. The number of urea groups is 1. The van der Waals surface area contributed by atoms with Gasteiger partial charge in [-0.05, 0) is 49.9 Å². The number of aryl methyl sites for hydroxylation is 1. The van der Waals surface area contributed by atoms with E-state index in [9.17, 15) is 14.4 Å². The van der Waals surface area contributed by atoms with Crippen molar-refractivity contribution in [2.45, 2.75) is 39.3 Å². The van der Waals surface area contributed by atoms with Crippen LogP contribution >= 0.6 is 11.3 Å². The summed E-state index contributed by atoms with van der Waals surface area (Å²) in [6.45, 7) is 5.91. The maximum Gasteiger partial charge on any atom is 0.325 e. The Morgan fingerprint density at radius 2 is 1.91 bits per heavy atom. The van der Waals surface area contributed by atoms with Crippen molar-refractivity contribution in [1.82, 2.24) is 14.8 Å². The lowest BCUT2D eigenvalue weighted by Gasteiger charge is -2.22. The molecule has 0 unspecified atom stereocenters. The number of para-hydroxylation sites is 1. The number of nitrogens with zero attached hydrogens (tertiary/aromatic N) is 2. The van der Waals surface area contributed by atoms with Gasteiger partial charge in [0.15, 0.2) is 5.78 Å². The molecule has 8 heteroatoms. The third-order valence-electron chi connectivity index (χ3n) is 6.15. The lowest BCUT2D eigenvalue weighted by atomic mass is 9.92. The number of Topliss-reactive ketones (excluding diaryl/α,β-unsaturated/α-hetero) is 1. The van der Waals surface area contributed by atoms with Crippen LogP contribution < -0.4 is 10.1 Å². The number of rotatable bonds is 8. The Hall–Kier alpha value is -3.39. The smallest absolute Gasteiger partial charge is 0.325 e. The molecular weight excluding hydrogens is 438 g/mol. The number of hydrogen-bond acceptors (Lipinski definition) is 5. The first-order chi connectivity index (χ1) is 15.7. The molecule has 3 heterocycles. The van der Waals surface area contributed by atoms with Crippen molar-refractivity contribution in [2.24, 2.45) is 0 Å². The third kappa shape index (κ3) is 4.30. The standard InChI is InChI=1S/C25H27N3O4S/c1-16-12-20(17(2)27(16)14-19-9-7-11-33-19)21(29)15-28-23(30)25(3,26-24(28)31)13-18-8-5-6-10-22(18)32-4/h5-12H,13-15H2,1-4H3,(H,26,31)/t25-/m1/s1. The Labute approximate surface area is 197 Å². The fourth-order valence-corrected chi connectivity index (χ4v) is 5.05. The highest BCUT2D eigenvalue weighted by molar-refractivity contribution is 7.09. The van der Waals surface area contributed by atoms with Crippen LogP contribution in [0.1, 0.15) is 39.1 Å². The van der Waals surface area contributed by atoms with Crippen LogP contribution in [0.15, 0.2) is 47.8 Å². The maximum absolute atomic E-state index is 13.2. The number of aromatic nitrogens is 1. The van der Waals surface area contributed by atoms with E-state index in [0.717, 1.165) is 21.9 Å². The van der Waals surface area contributed by atoms with Crippen molar-refractivity contribution in [1.29, 1.82) is 0 Å². The molecule has 7 nitrogen and oxygen atoms in total. The number of hydrogen-bond donors (Lipinski definition) is 1. The first-order valence-corrected chi connectivity index (χ1v) is 11.6. The molecule has 1 atom stereocenters. The van der Waals surface area contributed by atoms with Gasteiger partial charge in [0.2, 0.25) is 0 Å². The molecule has 0 aliphatic carbocycles. The van der Waals surface area contributed by atoms with Crippen molar-refractivity contribution in [3.63, 3.8) is 0 Å². The molecule has 1 N–H and O–H groups in total. The number of methoxy groups -OCH3 is 1. The highest BCUT2D eigenvalue weighted by atomic mass is 32.1. The van der Waals surface area contributed by atoms with Gasteiger partial charge in [0.1, 0.15) is 11.3 Å². The summed E-state index contributed by atoms with van der Waals surface area (Å²) >= 11 is 1.66. The third-order valence-corrected chi connectivity index (χ3v) is 7.01. The van der Waals surface area contributed by atoms with Crippen LogP contribution in [-0.4, -0.2) is 46.4 Å². The number of imide groups is 1. The summed E-state index contributed by atoms with van der Waals surface area (Å²) in [5.41, 5.74) is 1.98. The van der Waals surface area contributed by atoms with Crippen molar-refractivity contribution >= 4 is 29.1 Å². The van der Waals surface area contributed by atoms with Gasteiger partial charge in [-0.2, -0.15) is 0 Å². The second kappa shape index (κ2) is 8.86. The molecule has 1 aliphatic heterocycles. The minimum absolute atomic E-state index is 0.259. The number of carbonyl (C=O) groups is 3. The SMILES string of the molecule is COc1ccccc1C[C@@]1(C)NC(=O)N(CC(=O)c2cc(C)n(Cc3cccs3)c2C)C1=O. The summed E-state index contributed by atoms with van der Waals surface area (Å²) in [5, 5.41) is 4.80. The molecule has 0 bridgehead atoms. The Morgan fingerprint density at radius 3 is 2.61 bits per heavy atom. The zero-order chi connectivity index (χ0) is 23.8. The molecule has 4 rings (SSSR count). The van der Waals surface area contributed by atoms with E-state index in [2.05, 4.69) is 16.0 Å². The Kier molecular flexibility index (Phi) is 6.12. The Morgan fingerprint density at radius 1 is 1.15 bits per heavy atom. The second-order valence-electron chi connectivity index (χ2n) is 8.52. The number of amides is 3. The van der Waals surface area contributed by atoms with E-state index >= 15 is 0 Å². The number of ketones is 1. The van der Waals surface area contributed by atoms with Gasteiger partial charge in [-0.1, -0.05) is 24.3 Å². The van der Waals surface area contributed by atoms with Crippen LogP contribution in [0.4, 0.5) is 4.79 Å². The largest absolute Gasteiger partial charge is 0.496 e. The lowest BCUT2D eigenvalue weighted by Crippen LogP contribution is -2.46. The molecule has 1 saturated heterocycles. The maximum atomic E-state index is 13.2. The van der Waals surface area contributed by atoms with Gasteiger partial charge >= 0.3 is 6.03 Å². The highest BCUT2D eigenvalue weighted by Crippen LogP contribution is 2.28. The van der Waals surface area contributed by atoms with Crippen molar-refractivity contribution in [3.8, 4) is 5.75 Å². The van der Waals surface area contributed by atoms with Crippen molar-refractivity contribution in [3.05, 3.63) is 75.2 Å². The molecule has 0 saturated carbocycles. The quantitative estimate of drug-likeness (QED) is 0.403. The molecule has 1 fully saturated rings. The summed E-state index contributed by atoms with van der Waals surface area (Å²) in [7, 11) is 1.57. The van der Waals surface area contributed by atoms with Gasteiger partial charge in [0.05, 0.1) is 20.2 Å². The first-order valence-electron chi connectivity index (χ1n) is 10.7. The summed E-state index contributed by atoms with van der Waals surface area (Å²) in [6, 6.07) is 12.7. The average molecular weight is 466 g/mol. The van der Waals surface area contributed by atoms with Crippen LogP contribution in [0, 0.1) is 13.8 Å². The summed E-state index contributed by atoms with van der Waals surface area (Å²) in [4.78, 5) is 41.3. The summed E-state index contributed by atoms with van der Waals surface area (Å²) in [5.74, 6) is -0.0294. The summed E-state index contributed by atoms with van der Waals surface area (Å²) < 4.78 is 7.46. The van der Waals surface area contributed by atoms with Gasteiger partial charge < -0.3 is 14.6 Å². The zero-order valence-corrected chi connectivity index (χ0v) is 20.0. The van der Waals surface area contributed by atoms with Gasteiger partial charge in [-0.25, -0.2) is 4.79 Å². The molecule has 1 aliphatic rings. The van der Waals surface area contributed by atoms with Crippen LogP contribution in [0.2, 0.25) is 0 Å². The fourth-order valence-electron chi connectivity index (χ4n) is 4.35. The predicted octanol–water partition coefficient (Wildman–Crippen LogP) is 3.96. The zero-order valence-electron chi connectivity index (χ0n) is 19.2. The lowest BCUT2D eigenvalue weighted by molar-refractivity contribution is -0.130. The predicted molar refractivity (Wildman–Crippen MR) is 127 cm³/mol. The highest BCUT2D eigenvalue weighted by Gasteiger charge is 2.48. The number of carbonyl (C=O) groups excluding carboxylic acids is 3. The molecule has 3 aromatic rings. The van der Waals surface area contributed by atoms with Gasteiger partial charge in [0, 0.05) is 28.2 Å². The minimum atomic E-state index is -1.15. The molecule has 3 amide bonds. The number of ether oxygens (including phenoxy) is 1. The molecule has 33 heavy (non-hydrogen) atoms. The molecule has 1 aromatic carbocycles. The molecular formula is C25H27N3O4S. The van der Waals surface area contributed by atoms with Crippen molar-refractivity contribution in [2.75, 3.05) is 13.7 Å². The average Bonchev–Trinajstić information content (AvgIpc) is 3.45. The number of nitrogens with one attached hydrogen (secondary N) is 1. The second-order valence-corrected chi connectivity index (χ2v) is 9.55. The number of benzene rings is 1. The molecule has 0 spiro atoms. The van der Waals surface area contributed by atoms with Gasteiger partial charge in [0.25, 0.3) is 5.91 Å². The fraction of sp³-hybridized carbons (Fsp3) is 0.320. The number of thiophene rings is 1. The summed E-state index contributed by atoms with van der Waals surface area (Å²) in [6.07, 6.45) is 0.265. The van der Waals surface area contributed by atoms with Crippen LogP contribution in [0.25, 0.3) is 0 Å².